The number of halogens is 3. The van der Waals surface area contributed by atoms with Crippen LogP contribution in [0.1, 0.15) is 0 Å². The number of hydrogen-bond donors (Lipinski definition) is 0. The Kier molecular flexibility index (Phi) is 5.44. The molecule has 0 saturated carbocycles. The Labute approximate surface area is 239 Å². The van der Waals surface area contributed by atoms with Gasteiger partial charge in [0.25, 0.3) is 0 Å². The summed E-state index contributed by atoms with van der Waals surface area (Å²) in [4.78, 5) is 0. The van der Waals surface area contributed by atoms with Crippen LogP contribution >= 0.6 is 0 Å². The van der Waals surface area contributed by atoms with Gasteiger partial charge >= 0.3 is 0 Å². The van der Waals surface area contributed by atoms with Crippen LogP contribution in [0.2, 0.25) is 0 Å². The SMILES string of the molecule is Fc1ccc(-n2c3ccc(-c4ccc(F)c5ccccc45)cc3c3cc(-c4ccc(F)c5ccccc45)ccc32)cc1. The minimum absolute atomic E-state index is 0.250. The van der Waals surface area contributed by atoms with E-state index in [0.717, 1.165) is 60.5 Å². The van der Waals surface area contributed by atoms with Crippen LogP contribution in [0.5, 0.6) is 0 Å². The van der Waals surface area contributed by atoms with E-state index in [-0.39, 0.29) is 17.5 Å². The lowest BCUT2D eigenvalue weighted by molar-refractivity contribution is 0.627. The number of rotatable bonds is 3. The molecule has 0 N–H and O–H groups in total. The minimum atomic E-state index is -0.296. The van der Waals surface area contributed by atoms with Gasteiger partial charge in [0.05, 0.1) is 11.0 Å². The summed E-state index contributed by atoms with van der Waals surface area (Å²) in [6, 6.07) is 40.7. The average Bonchev–Trinajstić information content (AvgIpc) is 3.35. The molecule has 1 heterocycles. The quantitative estimate of drug-likeness (QED) is 0.207. The van der Waals surface area contributed by atoms with E-state index in [1.807, 2.05) is 48.5 Å². The van der Waals surface area contributed by atoms with Crippen molar-refractivity contribution in [3.05, 3.63) is 151 Å². The Morgan fingerprint density at radius 1 is 0.381 bits per heavy atom. The molecule has 0 spiro atoms. The van der Waals surface area contributed by atoms with Crippen LogP contribution in [0.25, 0.3) is 71.3 Å². The van der Waals surface area contributed by atoms with Crippen LogP contribution < -0.4 is 0 Å². The summed E-state index contributed by atoms with van der Waals surface area (Å²) < 4.78 is 45.3. The van der Waals surface area contributed by atoms with Gasteiger partial charge in [0, 0.05) is 27.2 Å². The Hall–Kier alpha value is -5.35. The largest absolute Gasteiger partial charge is 0.309 e. The van der Waals surface area contributed by atoms with Gasteiger partial charge in [0.1, 0.15) is 17.5 Å². The molecule has 42 heavy (non-hydrogen) atoms. The second-order valence-electron chi connectivity index (χ2n) is 10.6. The lowest BCUT2D eigenvalue weighted by atomic mass is 9.95. The van der Waals surface area contributed by atoms with Crippen LogP contribution in [0.15, 0.2) is 133 Å². The lowest BCUT2D eigenvalue weighted by Crippen LogP contribution is -1.94. The van der Waals surface area contributed by atoms with Crippen molar-refractivity contribution in [2.24, 2.45) is 0 Å². The molecular weight excluding hydrogens is 527 g/mol. The summed E-state index contributed by atoms with van der Waals surface area (Å²) in [6.07, 6.45) is 0. The first-order chi connectivity index (χ1) is 20.6. The second kappa shape index (κ2) is 9.35. The highest BCUT2D eigenvalue weighted by Gasteiger charge is 2.17. The van der Waals surface area contributed by atoms with Crippen molar-refractivity contribution in [2.45, 2.75) is 0 Å². The van der Waals surface area contributed by atoms with E-state index in [4.69, 9.17) is 0 Å². The molecule has 0 aliphatic heterocycles. The van der Waals surface area contributed by atoms with Gasteiger partial charge in [0.2, 0.25) is 0 Å². The first kappa shape index (κ1) is 24.4. The van der Waals surface area contributed by atoms with Gasteiger partial charge in [-0.05, 0) is 93.7 Å². The molecule has 0 aliphatic carbocycles. The normalized spacial score (nSPS) is 11.7. The predicted octanol–water partition coefficient (Wildman–Crippen LogP) is 10.8. The molecule has 0 amide bonds. The van der Waals surface area contributed by atoms with Crippen molar-refractivity contribution < 1.29 is 13.2 Å². The van der Waals surface area contributed by atoms with Crippen molar-refractivity contribution in [1.82, 2.24) is 4.57 Å². The Balaban J connectivity index is 1.43. The fraction of sp³-hybridized carbons (Fsp3) is 0. The smallest absolute Gasteiger partial charge is 0.131 e. The van der Waals surface area contributed by atoms with Gasteiger partial charge in [0.15, 0.2) is 0 Å². The molecule has 0 bridgehead atoms. The van der Waals surface area contributed by atoms with Crippen molar-refractivity contribution in [1.29, 1.82) is 0 Å². The van der Waals surface area contributed by atoms with E-state index in [1.165, 1.54) is 24.3 Å². The van der Waals surface area contributed by atoms with Gasteiger partial charge in [-0.2, -0.15) is 0 Å². The van der Waals surface area contributed by atoms with Gasteiger partial charge in [-0.25, -0.2) is 13.2 Å². The molecule has 0 atom stereocenters. The highest BCUT2D eigenvalue weighted by molar-refractivity contribution is 6.13. The van der Waals surface area contributed by atoms with Crippen molar-refractivity contribution >= 4 is 43.4 Å². The van der Waals surface area contributed by atoms with Crippen LogP contribution in [0.3, 0.4) is 0 Å². The maximum atomic E-state index is 14.7. The van der Waals surface area contributed by atoms with Crippen LogP contribution in [0.4, 0.5) is 13.2 Å². The number of aromatic nitrogens is 1. The maximum Gasteiger partial charge on any atom is 0.131 e. The molecule has 8 aromatic rings. The average molecular weight is 550 g/mol. The fourth-order valence-electron chi connectivity index (χ4n) is 6.25. The summed E-state index contributed by atoms with van der Waals surface area (Å²) in [6.45, 7) is 0. The van der Waals surface area contributed by atoms with E-state index in [0.29, 0.717) is 10.8 Å². The molecule has 1 nitrogen and oxygen atoms in total. The molecular formula is C38H22F3N. The second-order valence-corrected chi connectivity index (χ2v) is 10.6. The summed E-state index contributed by atoms with van der Waals surface area (Å²) >= 11 is 0. The van der Waals surface area contributed by atoms with E-state index < -0.39 is 0 Å². The zero-order valence-electron chi connectivity index (χ0n) is 22.3. The van der Waals surface area contributed by atoms with Gasteiger partial charge in [-0.3, -0.25) is 0 Å². The van der Waals surface area contributed by atoms with Crippen LogP contribution in [-0.4, -0.2) is 4.57 Å². The molecule has 0 unspecified atom stereocenters. The molecule has 0 saturated heterocycles. The molecule has 0 radical (unpaired) electrons. The number of nitrogens with zero attached hydrogens (tertiary/aromatic N) is 1. The zero-order valence-corrected chi connectivity index (χ0v) is 22.3. The van der Waals surface area contributed by atoms with Gasteiger partial charge in [-0.15, -0.1) is 0 Å². The molecule has 7 aromatic carbocycles. The monoisotopic (exact) mass is 549 g/mol. The Morgan fingerprint density at radius 3 is 1.31 bits per heavy atom. The molecule has 0 fully saturated rings. The zero-order chi connectivity index (χ0) is 28.4. The van der Waals surface area contributed by atoms with Crippen molar-refractivity contribution in [3.63, 3.8) is 0 Å². The lowest BCUT2D eigenvalue weighted by Gasteiger charge is -2.10. The molecule has 8 rings (SSSR count). The predicted molar refractivity (Wildman–Crippen MR) is 167 cm³/mol. The number of fused-ring (bicyclic) bond motifs is 5. The van der Waals surface area contributed by atoms with Crippen LogP contribution in [0, 0.1) is 17.5 Å². The van der Waals surface area contributed by atoms with E-state index >= 15 is 0 Å². The summed E-state index contributed by atoms with van der Waals surface area (Å²) in [5, 5.41) is 4.86. The van der Waals surface area contributed by atoms with E-state index in [2.05, 4.69) is 41.0 Å². The maximum absolute atomic E-state index is 14.7. The van der Waals surface area contributed by atoms with Crippen LogP contribution in [-0.2, 0) is 0 Å². The number of hydrogen-bond acceptors (Lipinski definition) is 0. The Bertz CT molecular complexity index is 2190. The Morgan fingerprint density at radius 2 is 0.833 bits per heavy atom. The number of benzene rings is 7. The van der Waals surface area contributed by atoms with Gasteiger partial charge < -0.3 is 4.57 Å². The summed E-state index contributed by atoms with van der Waals surface area (Å²) in [7, 11) is 0. The first-order valence-corrected chi connectivity index (χ1v) is 13.8. The summed E-state index contributed by atoms with van der Waals surface area (Å²) in [5.41, 5.74) is 6.59. The highest BCUT2D eigenvalue weighted by atomic mass is 19.1. The topological polar surface area (TPSA) is 4.93 Å². The van der Waals surface area contributed by atoms with E-state index in [9.17, 15) is 13.2 Å². The van der Waals surface area contributed by atoms with Crippen molar-refractivity contribution in [2.75, 3.05) is 0 Å². The third-order valence-electron chi connectivity index (χ3n) is 8.21. The fourth-order valence-corrected chi connectivity index (χ4v) is 6.25. The minimum Gasteiger partial charge on any atom is -0.309 e. The standard InChI is InChI=1S/C38H22F3N/c39-25-11-13-26(14-12-25)42-37-19-9-23(27-15-17-35(40)31-7-3-1-5-29(27)31)21-33(37)34-22-24(10-20-38(34)42)28-16-18-36(41)32-8-4-2-6-30(28)32/h1-22H. The highest BCUT2D eigenvalue weighted by Crippen LogP contribution is 2.40. The molecule has 4 heteroatoms. The molecule has 200 valence electrons. The first-order valence-electron chi connectivity index (χ1n) is 13.8. The van der Waals surface area contributed by atoms with Crippen molar-refractivity contribution in [3.8, 4) is 27.9 Å². The summed E-state index contributed by atoms with van der Waals surface area (Å²) in [5.74, 6) is -0.797. The van der Waals surface area contributed by atoms with Gasteiger partial charge in [-0.1, -0.05) is 72.8 Å². The van der Waals surface area contributed by atoms with E-state index in [1.54, 1.807) is 24.3 Å². The third kappa shape index (κ3) is 3.72. The molecule has 1 aromatic heterocycles. The molecule has 0 aliphatic rings. The third-order valence-corrected chi connectivity index (χ3v) is 8.21.